The van der Waals surface area contributed by atoms with Crippen LogP contribution in [0.5, 0.6) is 0 Å². The molecule has 0 amide bonds. The first-order valence-electron chi connectivity index (χ1n) is 14.7. The fourth-order valence-corrected chi connectivity index (χ4v) is 5.88. The van der Waals surface area contributed by atoms with Crippen LogP contribution >= 0.6 is 0 Å². The number of halogens is 3. The summed E-state index contributed by atoms with van der Waals surface area (Å²) in [5.74, 6) is -0.784. The summed E-state index contributed by atoms with van der Waals surface area (Å²) in [5.41, 5.74) is 7.82. The molecule has 3 aromatic rings. The average molecular weight is 637 g/mol. The summed E-state index contributed by atoms with van der Waals surface area (Å²) in [7, 11) is 2.63. The number of H-pyrrole nitrogens is 2. The second-order valence-corrected chi connectivity index (χ2v) is 11.5. The number of aliphatic hydroxyl groups excluding tert-OH is 1. The highest BCUT2D eigenvalue weighted by Crippen LogP contribution is 2.39. The van der Waals surface area contributed by atoms with Gasteiger partial charge in [0.15, 0.2) is 6.10 Å². The molecule has 0 saturated carbocycles. The minimum absolute atomic E-state index is 0.0329. The van der Waals surface area contributed by atoms with E-state index >= 15 is 0 Å². The molecule has 3 aromatic heterocycles. The minimum Gasteiger partial charge on any atom is -0.469 e. The third-order valence-electron chi connectivity index (χ3n) is 8.55. The maximum absolute atomic E-state index is 13.9. The summed E-state index contributed by atoms with van der Waals surface area (Å²) >= 11 is 0. The Labute approximate surface area is 263 Å². The van der Waals surface area contributed by atoms with Crippen LogP contribution in [0.2, 0.25) is 0 Å². The Morgan fingerprint density at radius 1 is 0.783 bits per heavy atom. The number of hydrogen-bond acceptors (Lipinski definition) is 7. The zero-order chi connectivity index (χ0) is 33.5. The quantitative estimate of drug-likeness (QED) is 0.244. The molecule has 0 radical (unpaired) electrons. The number of esters is 2. The van der Waals surface area contributed by atoms with E-state index in [1.165, 1.54) is 27.2 Å². The SMILES string of the molecule is COC(=O)CCC1=C(C)c2cc3[nH]c(cc4nc(cc5[nH]c(cc1n2)c(CCC(=O)OC)c5C)C(C(O)C(F)(F)F)=C4C)cc3C. The predicted molar refractivity (Wildman–Crippen MR) is 169 cm³/mol. The van der Waals surface area contributed by atoms with Gasteiger partial charge in [-0.05, 0) is 104 Å². The van der Waals surface area contributed by atoms with Crippen molar-refractivity contribution in [2.24, 2.45) is 0 Å². The lowest BCUT2D eigenvalue weighted by molar-refractivity contribution is -0.184. The summed E-state index contributed by atoms with van der Waals surface area (Å²) in [6.45, 7) is 7.14. The molecule has 12 heteroatoms. The molecule has 3 N–H and O–H groups in total. The Hall–Kier alpha value is -4.71. The van der Waals surface area contributed by atoms with E-state index in [2.05, 4.69) is 15.0 Å². The largest absolute Gasteiger partial charge is 0.469 e. The number of hydrogen-bond donors (Lipinski definition) is 3. The van der Waals surface area contributed by atoms with Gasteiger partial charge in [-0.15, -0.1) is 0 Å². The number of fused-ring (bicyclic) bond motifs is 8. The van der Waals surface area contributed by atoms with E-state index in [9.17, 15) is 27.9 Å². The fourth-order valence-electron chi connectivity index (χ4n) is 5.88. The molecular formula is C34H35F3N4O5. The highest BCUT2D eigenvalue weighted by molar-refractivity contribution is 5.96. The zero-order valence-corrected chi connectivity index (χ0v) is 26.4. The highest BCUT2D eigenvalue weighted by Gasteiger charge is 2.43. The molecule has 242 valence electrons. The summed E-state index contributed by atoms with van der Waals surface area (Å²) in [6.07, 6.45) is -6.83. The topological polar surface area (TPSA) is 130 Å². The number of nitrogens with one attached hydrogen (secondary N) is 2. The predicted octanol–water partition coefficient (Wildman–Crippen LogP) is 6.78. The Balaban J connectivity index is 1.88. The fraction of sp³-hybridized carbons (Fsp3) is 0.353. The molecule has 2 aliphatic heterocycles. The van der Waals surface area contributed by atoms with Crippen molar-refractivity contribution in [2.75, 3.05) is 14.2 Å². The molecule has 0 saturated heterocycles. The third-order valence-corrected chi connectivity index (χ3v) is 8.55. The molecule has 5 rings (SSSR count). The lowest BCUT2D eigenvalue weighted by atomic mass is 9.99. The second-order valence-electron chi connectivity index (χ2n) is 11.5. The van der Waals surface area contributed by atoms with Gasteiger partial charge in [0.25, 0.3) is 0 Å². The van der Waals surface area contributed by atoms with Crippen molar-refractivity contribution in [1.82, 2.24) is 19.9 Å². The molecular weight excluding hydrogens is 601 g/mol. The zero-order valence-electron chi connectivity index (χ0n) is 26.4. The van der Waals surface area contributed by atoms with Crippen LogP contribution < -0.4 is 0 Å². The summed E-state index contributed by atoms with van der Waals surface area (Å²) in [5, 5.41) is 10.5. The number of ether oxygens (including phenoxy) is 2. The van der Waals surface area contributed by atoms with Crippen LogP contribution in [-0.2, 0) is 25.5 Å². The Morgan fingerprint density at radius 3 is 2.02 bits per heavy atom. The van der Waals surface area contributed by atoms with Gasteiger partial charge in [0.05, 0.1) is 37.0 Å². The number of aryl methyl sites for hydroxylation is 3. The number of carbonyl (C=O) groups excluding carboxylic acids is 2. The molecule has 2 aliphatic rings. The molecule has 8 bridgehead atoms. The van der Waals surface area contributed by atoms with Gasteiger partial charge in [-0.25, -0.2) is 9.97 Å². The van der Waals surface area contributed by atoms with Gasteiger partial charge < -0.3 is 24.5 Å². The monoisotopic (exact) mass is 636 g/mol. The number of alkyl halides is 3. The lowest BCUT2D eigenvalue weighted by Crippen LogP contribution is -2.29. The van der Waals surface area contributed by atoms with Crippen molar-refractivity contribution in [3.63, 3.8) is 0 Å². The molecule has 0 fully saturated rings. The van der Waals surface area contributed by atoms with Crippen molar-refractivity contribution in [2.45, 2.75) is 65.7 Å². The number of aliphatic hydroxyl groups is 1. The molecule has 0 aliphatic carbocycles. The average Bonchev–Trinajstić information content (AvgIpc) is 3.68. The van der Waals surface area contributed by atoms with Gasteiger partial charge in [-0.1, -0.05) is 0 Å². The minimum atomic E-state index is -4.92. The van der Waals surface area contributed by atoms with E-state index in [-0.39, 0.29) is 47.8 Å². The van der Waals surface area contributed by atoms with Crippen LogP contribution in [0.25, 0.3) is 44.4 Å². The van der Waals surface area contributed by atoms with E-state index in [4.69, 9.17) is 14.5 Å². The molecule has 9 nitrogen and oxygen atoms in total. The Bertz CT molecular complexity index is 1970. The molecule has 0 spiro atoms. The first kappa shape index (κ1) is 32.7. The summed E-state index contributed by atoms with van der Waals surface area (Å²) < 4.78 is 51.5. The molecule has 5 heterocycles. The normalized spacial score (nSPS) is 14.1. The first-order valence-corrected chi connectivity index (χ1v) is 14.7. The number of nitrogens with zero attached hydrogens (tertiary/aromatic N) is 2. The highest BCUT2D eigenvalue weighted by atomic mass is 19.4. The number of methoxy groups -OCH3 is 2. The molecule has 46 heavy (non-hydrogen) atoms. The first-order chi connectivity index (χ1) is 21.7. The van der Waals surface area contributed by atoms with E-state index in [0.717, 1.165) is 27.8 Å². The maximum Gasteiger partial charge on any atom is 0.418 e. The van der Waals surface area contributed by atoms with Crippen LogP contribution in [0.3, 0.4) is 0 Å². The molecule has 0 aromatic carbocycles. The van der Waals surface area contributed by atoms with Crippen LogP contribution in [0.1, 0.15) is 72.6 Å². The van der Waals surface area contributed by atoms with Gasteiger partial charge in [-0.3, -0.25) is 9.59 Å². The number of carbonyl (C=O) groups is 2. The number of aromatic amines is 2. The van der Waals surface area contributed by atoms with Gasteiger partial charge in [0, 0.05) is 40.5 Å². The van der Waals surface area contributed by atoms with Crippen LogP contribution in [0.4, 0.5) is 13.2 Å². The van der Waals surface area contributed by atoms with Crippen molar-refractivity contribution in [3.05, 3.63) is 69.8 Å². The molecule has 1 atom stereocenters. The van der Waals surface area contributed by atoms with Gasteiger partial charge >= 0.3 is 18.1 Å². The Kier molecular flexibility index (Phi) is 8.94. The summed E-state index contributed by atoms with van der Waals surface area (Å²) in [6, 6.07) is 8.71. The van der Waals surface area contributed by atoms with E-state index in [1.54, 1.807) is 13.0 Å². The lowest BCUT2D eigenvalue weighted by Gasteiger charge is -2.16. The second kappa shape index (κ2) is 12.6. The van der Waals surface area contributed by atoms with E-state index in [1.807, 2.05) is 32.0 Å². The van der Waals surface area contributed by atoms with Gasteiger partial charge in [0.1, 0.15) is 0 Å². The number of rotatable bonds is 7. The standard InChI is InChI=1S/C34H35F3N4O5/c1-16-11-20-12-24-19(4)32(33(44)34(35,36)37)29(41-24)14-26-18(3)22(8-10-31(43)46-6)28(40-26)15-27-21(7-9-30(42)45-5)17(2)25(39-27)13-23(16)38-20/h11-15,33,38,40,44H,7-10H2,1-6H3. The van der Waals surface area contributed by atoms with Crippen LogP contribution in [-0.4, -0.2) is 63.5 Å². The number of allylic oxidation sites excluding steroid dienone is 3. The van der Waals surface area contributed by atoms with Crippen molar-refractivity contribution in [1.29, 1.82) is 0 Å². The van der Waals surface area contributed by atoms with E-state index < -0.39 is 18.2 Å². The van der Waals surface area contributed by atoms with Crippen molar-refractivity contribution >= 4 is 56.3 Å². The number of aromatic nitrogens is 4. The van der Waals surface area contributed by atoms with Crippen molar-refractivity contribution < 1.29 is 37.3 Å². The van der Waals surface area contributed by atoms with Crippen molar-refractivity contribution in [3.8, 4) is 0 Å². The van der Waals surface area contributed by atoms with Crippen LogP contribution in [0.15, 0.2) is 30.3 Å². The van der Waals surface area contributed by atoms with Gasteiger partial charge in [-0.2, -0.15) is 13.2 Å². The third kappa shape index (κ3) is 6.34. The van der Waals surface area contributed by atoms with Crippen LogP contribution in [0, 0.1) is 13.8 Å². The van der Waals surface area contributed by atoms with E-state index in [0.29, 0.717) is 39.9 Å². The maximum atomic E-state index is 13.9. The smallest absolute Gasteiger partial charge is 0.418 e. The summed E-state index contributed by atoms with van der Waals surface area (Å²) in [4.78, 5) is 40.3. The molecule has 1 unspecified atom stereocenters. The Morgan fingerprint density at radius 2 is 1.37 bits per heavy atom. The van der Waals surface area contributed by atoms with Gasteiger partial charge in [0.2, 0.25) is 0 Å².